The Morgan fingerprint density at radius 2 is 1.87 bits per heavy atom. The first kappa shape index (κ1) is 15.8. The molecule has 0 saturated heterocycles. The molecule has 0 atom stereocenters. The number of ether oxygens (including phenoxy) is 1. The second-order valence-corrected chi connectivity index (χ2v) is 6.12. The molecule has 23 heavy (non-hydrogen) atoms. The Hall–Kier alpha value is -2.05. The van der Waals surface area contributed by atoms with E-state index < -0.39 is 11.4 Å². The van der Waals surface area contributed by atoms with Gasteiger partial charge in [-0.15, -0.1) is 0 Å². The highest BCUT2D eigenvalue weighted by molar-refractivity contribution is 9.10. The first-order valence-corrected chi connectivity index (χ1v) is 7.93. The lowest BCUT2D eigenvalue weighted by atomic mass is 10.2. The molecule has 0 aliphatic carbocycles. The minimum Gasteiger partial charge on any atom is -0.492 e. The van der Waals surface area contributed by atoms with Gasteiger partial charge in [-0.05, 0) is 42.5 Å². The Balaban J connectivity index is 1.86. The number of benzene rings is 2. The van der Waals surface area contributed by atoms with Gasteiger partial charge in [0.2, 0.25) is 0 Å². The van der Waals surface area contributed by atoms with Crippen molar-refractivity contribution in [1.29, 1.82) is 0 Å². The van der Waals surface area contributed by atoms with E-state index in [1.165, 1.54) is 4.57 Å². The summed E-state index contributed by atoms with van der Waals surface area (Å²) in [7, 11) is 0. The van der Waals surface area contributed by atoms with Gasteiger partial charge in [-0.3, -0.25) is 4.57 Å². The molecule has 2 aromatic carbocycles. The SMILES string of the molecule is O=c1oc(=O)n(CCOc2ccc(Cl)cc2)c2ccc(Br)cc12. The van der Waals surface area contributed by atoms with Crippen molar-refractivity contribution in [2.45, 2.75) is 6.54 Å². The van der Waals surface area contributed by atoms with Crippen LogP contribution in [0.25, 0.3) is 10.9 Å². The number of rotatable bonds is 4. The van der Waals surface area contributed by atoms with Gasteiger partial charge in [0.25, 0.3) is 0 Å². The van der Waals surface area contributed by atoms with Crippen LogP contribution in [0.3, 0.4) is 0 Å². The van der Waals surface area contributed by atoms with Crippen LogP contribution >= 0.6 is 27.5 Å². The van der Waals surface area contributed by atoms with E-state index in [0.717, 1.165) is 4.47 Å². The maximum absolute atomic E-state index is 11.9. The smallest absolute Gasteiger partial charge is 0.422 e. The van der Waals surface area contributed by atoms with Gasteiger partial charge < -0.3 is 9.15 Å². The van der Waals surface area contributed by atoms with Crippen molar-refractivity contribution in [2.75, 3.05) is 6.61 Å². The van der Waals surface area contributed by atoms with Gasteiger partial charge in [-0.1, -0.05) is 27.5 Å². The van der Waals surface area contributed by atoms with Gasteiger partial charge in [-0.25, -0.2) is 9.59 Å². The summed E-state index contributed by atoms with van der Waals surface area (Å²) in [6.45, 7) is 0.504. The Labute approximate surface area is 144 Å². The summed E-state index contributed by atoms with van der Waals surface area (Å²) in [5.41, 5.74) is -0.143. The summed E-state index contributed by atoms with van der Waals surface area (Å²) < 4.78 is 12.4. The number of nitrogens with zero attached hydrogens (tertiary/aromatic N) is 1. The van der Waals surface area contributed by atoms with E-state index in [1.54, 1.807) is 42.5 Å². The zero-order valence-electron chi connectivity index (χ0n) is 11.8. The molecule has 3 aromatic rings. The van der Waals surface area contributed by atoms with Gasteiger partial charge in [0.05, 0.1) is 17.4 Å². The van der Waals surface area contributed by atoms with Crippen LogP contribution in [0.1, 0.15) is 0 Å². The molecule has 1 aromatic heterocycles. The fourth-order valence-electron chi connectivity index (χ4n) is 2.19. The predicted octanol–water partition coefficient (Wildman–Crippen LogP) is 3.45. The van der Waals surface area contributed by atoms with Gasteiger partial charge in [0.15, 0.2) is 0 Å². The third-order valence-corrected chi connectivity index (χ3v) is 4.01. The zero-order chi connectivity index (χ0) is 16.4. The van der Waals surface area contributed by atoms with Crippen LogP contribution in [0.15, 0.2) is 60.9 Å². The topological polar surface area (TPSA) is 61.4 Å². The summed E-state index contributed by atoms with van der Waals surface area (Å²) in [6, 6.07) is 12.0. The summed E-state index contributed by atoms with van der Waals surface area (Å²) in [5, 5.41) is 0.959. The molecule has 0 bridgehead atoms. The average Bonchev–Trinajstić information content (AvgIpc) is 2.52. The molecule has 0 amide bonds. The average molecular weight is 397 g/mol. The van der Waals surface area contributed by atoms with E-state index >= 15 is 0 Å². The highest BCUT2D eigenvalue weighted by Crippen LogP contribution is 2.17. The van der Waals surface area contributed by atoms with Crippen LogP contribution in [0.5, 0.6) is 5.75 Å². The molecule has 0 spiro atoms. The van der Waals surface area contributed by atoms with E-state index in [-0.39, 0.29) is 13.2 Å². The maximum atomic E-state index is 11.9. The Morgan fingerprint density at radius 1 is 1.13 bits per heavy atom. The first-order valence-electron chi connectivity index (χ1n) is 6.76. The second-order valence-electron chi connectivity index (χ2n) is 4.77. The van der Waals surface area contributed by atoms with Crippen molar-refractivity contribution in [3.63, 3.8) is 0 Å². The van der Waals surface area contributed by atoms with E-state index in [4.69, 9.17) is 20.8 Å². The van der Waals surface area contributed by atoms with Crippen LogP contribution in [0.4, 0.5) is 0 Å². The molecule has 0 saturated carbocycles. The molecule has 1 heterocycles. The minimum absolute atomic E-state index is 0.250. The minimum atomic E-state index is -0.704. The second kappa shape index (κ2) is 6.60. The van der Waals surface area contributed by atoms with E-state index in [0.29, 0.717) is 21.7 Å². The predicted molar refractivity (Wildman–Crippen MR) is 91.4 cm³/mol. The third kappa shape index (κ3) is 3.48. The fourth-order valence-corrected chi connectivity index (χ4v) is 2.68. The quantitative estimate of drug-likeness (QED) is 0.678. The lowest BCUT2D eigenvalue weighted by Crippen LogP contribution is -2.27. The Kier molecular flexibility index (Phi) is 4.54. The highest BCUT2D eigenvalue weighted by atomic mass is 79.9. The number of hydrogen-bond donors (Lipinski definition) is 0. The molecule has 3 rings (SSSR count). The molecule has 0 aliphatic heterocycles. The van der Waals surface area contributed by atoms with Crippen LogP contribution in [0.2, 0.25) is 5.02 Å². The highest BCUT2D eigenvalue weighted by Gasteiger charge is 2.10. The van der Waals surface area contributed by atoms with E-state index in [9.17, 15) is 9.59 Å². The van der Waals surface area contributed by atoms with Gasteiger partial charge in [-0.2, -0.15) is 0 Å². The number of aromatic nitrogens is 1. The fraction of sp³-hybridized carbons (Fsp3) is 0.125. The third-order valence-electron chi connectivity index (χ3n) is 3.27. The molecular formula is C16H11BrClNO4. The molecule has 0 aliphatic rings. The standard InChI is InChI=1S/C16H11BrClNO4/c17-10-1-6-14-13(9-10)15(20)23-16(21)19(14)7-8-22-12-4-2-11(18)3-5-12/h1-6,9H,7-8H2. The summed E-state index contributed by atoms with van der Waals surface area (Å²) in [6.07, 6.45) is 0. The largest absolute Gasteiger partial charge is 0.492 e. The lowest BCUT2D eigenvalue weighted by molar-refractivity contribution is 0.287. The number of fused-ring (bicyclic) bond motifs is 1. The van der Waals surface area contributed by atoms with Crippen molar-refractivity contribution in [1.82, 2.24) is 4.57 Å². The molecule has 118 valence electrons. The maximum Gasteiger partial charge on any atom is 0.422 e. The van der Waals surface area contributed by atoms with Crippen molar-refractivity contribution in [2.24, 2.45) is 0 Å². The molecule has 5 nitrogen and oxygen atoms in total. The van der Waals surface area contributed by atoms with Crippen molar-refractivity contribution in [3.8, 4) is 5.75 Å². The van der Waals surface area contributed by atoms with E-state index in [2.05, 4.69) is 15.9 Å². The van der Waals surface area contributed by atoms with Crippen molar-refractivity contribution in [3.05, 3.63) is 72.9 Å². The normalized spacial score (nSPS) is 10.9. The molecule has 0 radical (unpaired) electrons. The summed E-state index contributed by atoms with van der Waals surface area (Å²) in [4.78, 5) is 23.7. The van der Waals surface area contributed by atoms with Gasteiger partial charge in [0, 0.05) is 9.50 Å². The monoisotopic (exact) mass is 395 g/mol. The number of hydrogen-bond acceptors (Lipinski definition) is 4. The molecular weight excluding hydrogens is 386 g/mol. The van der Waals surface area contributed by atoms with Crippen molar-refractivity contribution >= 4 is 38.4 Å². The summed E-state index contributed by atoms with van der Waals surface area (Å²) in [5.74, 6) is -0.0589. The van der Waals surface area contributed by atoms with Crippen LogP contribution in [-0.4, -0.2) is 11.2 Å². The Morgan fingerprint density at radius 3 is 2.61 bits per heavy atom. The van der Waals surface area contributed by atoms with Gasteiger partial charge in [0.1, 0.15) is 12.4 Å². The van der Waals surface area contributed by atoms with Gasteiger partial charge >= 0.3 is 11.4 Å². The number of halogens is 2. The van der Waals surface area contributed by atoms with Crippen LogP contribution in [-0.2, 0) is 6.54 Å². The van der Waals surface area contributed by atoms with Crippen LogP contribution < -0.4 is 16.1 Å². The molecule has 7 heteroatoms. The molecule has 0 fully saturated rings. The molecule has 0 N–H and O–H groups in total. The van der Waals surface area contributed by atoms with E-state index in [1.807, 2.05) is 0 Å². The first-order chi connectivity index (χ1) is 11.0. The van der Waals surface area contributed by atoms with Crippen molar-refractivity contribution < 1.29 is 9.15 Å². The van der Waals surface area contributed by atoms with Crippen LogP contribution in [0, 0.1) is 0 Å². The molecule has 0 unspecified atom stereocenters. The Bertz CT molecular complexity index is 962. The lowest BCUT2D eigenvalue weighted by Gasteiger charge is -2.10. The zero-order valence-corrected chi connectivity index (χ0v) is 14.1. The summed E-state index contributed by atoms with van der Waals surface area (Å²) >= 11 is 9.10.